The summed E-state index contributed by atoms with van der Waals surface area (Å²) in [5.41, 5.74) is 7.94. The summed E-state index contributed by atoms with van der Waals surface area (Å²) >= 11 is 0. The van der Waals surface area contributed by atoms with E-state index in [0.29, 0.717) is 33.8 Å². The number of carbonyl (C=O) groups excluding carboxylic acids is 3. The predicted octanol–water partition coefficient (Wildman–Crippen LogP) is 3.48. The molecule has 0 radical (unpaired) electrons. The Bertz CT molecular complexity index is 1300. The molecule has 0 fully saturated rings. The summed E-state index contributed by atoms with van der Waals surface area (Å²) in [6, 6.07) is 22.1. The summed E-state index contributed by atoms with van der Waals surface area (Å²) in [6.45, 7) is 0. The Labute approximate surface area is 183 Å². The highest BCUT2D eigenvalue weighted by molar-refractivity contribution is 6.07. The average Bonchev–Trinajstić information content (AvgIpc) is 3.28. The second-order valence-corrected chi connectivity index (χ2v) is 6.91. The lowest BCUT2D eigenvalue weighted by Gasteiger charge is -2.11. The maximum absolute atomic E-state index is 12.9. The molecule has 4 N–H and O–H groups in total. The van der Waals surface area contributed by atoms with Gasteiger partial charge in [0.25, 0.3) is 11.8 Å². The fourth-order valence-electron chi connectivity index (χ4n) is 3.13. The van der Waals surface area contributed by atoms with E-state index in [1.54, 1.807) is 72.9 Å². The van der Waals surface area contributed by atoms with Crippen LogP contribution >= 0.6 is 0 Å². The van der Waals surface area contributed by atoms with Crippen molar-refractivity contribution < 1.29 is 14.4 Å². The molecule has 0 aliphatic rings. The Hall–Kier alpha value is -4.72. The van der Waals surface area contributed by atoms with Crippen LogP contribution in [0.4, 0.5) is 11.4 Å². The van der Waals surface area contributed by atoms with Crippen molar-refractivity contribution in [3.8, 4) is 5.69 Å². The number of aromatic nitrogens is 2. The van der Waals surface area contributed by atoms with E-state index >= 15 is 0 Å². The molecule has 0 aliphatic heterocycles. The molecule has 0 atom stereocenters. The monoisotopic (exact) mass is 425 g/mol. The average molecular weight is 425 g/mol. The highest BCUT2D eigenvalue weighted by Crippen LogP contribution is 2.19. The van der Waals surface area contributed by atoms with Crippen molar-refractivity contribution in [1.29, 1.82) is 0 Å². The van der Waals surface area contributed by atoms with Gasteiger partial charge in [0.15, 0.2) is 0 Å². The van der Waals surface area contributed by atoms with Crippen LogP contribution in [0.2, 0.25) is 0 Å². The molecule has 32 heavy (non-hydrogen) atoms. The van der Waals surface area contributed by atoms with E-state index in [1.807, 2.05) is 6.07 Å². The minimum Gasteiger partial charge on any atom is -0.366 e. The smallest absolute Gasteiger partial charge is 0.257 e. The highest BCUT2D eigenvalue weighted by Gasteiger charge is 2.15. The quantitative estimate of drug-likeness (QED) is 0.438. The number of rotatable bonds is 6. The van der Waals surface area contributed by atoms with Crippen molar-refractivity contribution in [2.24, 2.45) is 5.73 Å². The summed E-state index contributed by atoms with van der Waals surface area (Å²) in [4.78, 5) is 36.7. The molecule has 0 aliphatic carbocycles. The van der Waals surface area contributed by atoms with Crippen LogP contribution in [0.5, 0.6) is 0 Å². The Morgan fingerprint density at radius 3 is 2.22 bits per heavy atom. The molecule has 4 rings (SSSR count). The minimum atomic E-state index is -0.580. The number of primary amides is 1. The maximum atomic E-state index is 12.9. The van der Waals surface area contributed by atoms with Gasteiger partial charge >= 0.3 is 0 Å². The van der Waals surface area contributed by atoms with Gasteiger partial charge in [0.05, 0.1) is 29.3 Å². The number of hydrogen-bond acceptors (Lipinski definition) is 4. The first-order valence-electron chi connectivity index (χ1n) is 9.73. The molecule has 0 saturated carbocycles. The van der Waals surface area contributed by atoms with Crippen LogP contribution in [0.15, 0.2) is 91.3 Å². The van der Waals surface area contributed by atoms with Crippen molar-refractivity contribution in [2.75, 3.05) is 10.6 Å². The number of hydrogen-bond donors (Lipinski definition) is 3. The van der Waals surface area contributed by atoms with Crippen molar-refractivity contribution in [1.82, 2.24) is 9.78 Å². The summed E-state index contributed by atoms with van der Waals surface area (Å²) in [5.74, 6) is -1.22. The van der Waals surface area contributed by atoms with Gasteiger partial charge in [-0.15, -0.1) is 0 Å². The number of nitrogens with two attached hydrogens (primary N) is 1. The van der Waals surface area contributed by atoms with Gasteiger partial charge in [0.1, 0.15) is 0 Å². The molecule has 4 aromatic rings. The van der Waals surface area contributed by atoms with Gasteiger partial charge in [-0.1, -0.05) is 36.4 Å². The molecule has 0 saturated heterocycles. The van der Waals surface area contributed by atoms with Crippen LogP contribution < -0.4 is 16.4 Å². The van der Waals surface area contributed by atoms with Crippen LogP contribution in [0.3, 0.4) is 0 Å². The zero-order chi connectivity index (χ0) is 22.5. The lowest BCUT2D eigenvalue weighted by molar-refractivity contribution is 0.0995. The van der Waals surface area contributed by atoms with E-state index in [4.69, 9.17) is 5.73 Å². The van der Waals surface area contributed by atoms with Gasteiger partial charge in [-0.3, -0.25) is 14.4 Å². The van der Waals surface area contributed by atoms with Gasteiger partial charge in [-0.05, 0) is 42.5 Å². The molecule has 8 heteroatoms. The molecule has 3 amide bonds. The summed E-state index contributed by atoms with van der Waals surface area (Å²) in [5, 5.41) is 9.84. The number of nitrogens with zero attached hydrogens (tertiary/aromatic N) is 2. The van der Waals surface area contributed by atoms with Crippen LogP contribution in [-0.4, -0.2) is 27.5 Å². The van der Waals surface area contributed by atoms with Crippen molar-refractivity contribution in [3.05, 3.63) is 108 Å². The predicted molar refractivity (Wildman–Crippen MR) is 121 cm³/mol. The summed E-state index contributed by atoms with van der Waals surface area (Å²) < 4.78 is 1.51. The Morgan fingerprint density at radius 2 is 1.44 bits per heavy atom. The van der Waals surface area contributed by atoms with Crippen molar-refractivity contribution >= 4 is 29.1 Å². The normalized spacial score (nSPS) is 10.4. The SMILES string of the molecule is NC(=O)c1cccc(NC(=O)c2ccccc2-n2cc(NC(=O)c3ccccc3)cn2)c1. The second-order valence-electron chi connectivity index (χ2n) is 6.91. The molecule has 158 valence electrons. The van der Waals surface area contributed by atoms with E-state index in [-0.39, 0.29) is 11.8 Å². The van der Waals surface area contributed by atoms with E-state index in [9.17, 15) is 14.4 Å². The number of anilines is 2. The Balaban J connectivity index is 1.55. The fourth-order valence-corrected chi connectivity index (χ4v) is 3.13. The lowest BCUT2D eigenvalue weighted by Crippen LogP contribution is -2.16. The first-order chi connectivity index (χ1) is 15.5. The van der Waals surface area contributed by atoms with E-state index in [0.717, 1.165) is 0 Å². The number of carbonyl (C=O) groups is 3. The third-order valence-electron chi connectivity index (χ3n) is 4.68. The van der Waals surface area contributed by atoms with Gasteiger partial charge in [-0.25, -0.2) is 4.68 Å². The standard InChI is InChI=1S/C24H19N5O3/c25-22(30)17-9-6-10-18(13-17)27-24(32)20-11-4-5-12-21(20)29-15-19(14-26-29)28-23(31)16-7-2-1-3-8-16/h1-15H,(H2,25,30)(H,27,32)(H,28,31). The number of benzene rings is 3. The van der Waals surface area contributed by atoms with Crippen LogP contribution in [0, 0.1) is 0 Å². The molecule has 8 nitrogen and oxygen atoms in total. The first-order valence-corrected chi connectivity index (χ1v) is 9.73. The first kappa shape index (κ1) is 20.5. The molecular formula is C24H19N5O3. The van der Waals surface area contributed by atoms with Crippen molar-refractivity contribution in [2.45, 2.75) is 0 Å². The van der Waals surface area contributed by atoms with Crippen LogP contribution in [-0.2, 0) is 0 Å². The Morgan fingerprint density at radius 1 is 0.750 bits per heavy atom. The summed E-state index contributed by atoms with van der Waals surface area (Å²) in [7, 11) is 0. The minimum absolute atomic E-state index is 0.259. The van der Waals surface area contributed by atoms with Gasteiger partial charge in [0.2, 0.25) is 5.91 Å². The third-order valence-corrected chi connectivity index (χ3v) is 4.68. The topological polar surface area (TPSA) is 119 Å². The van der Waals surface area contributed by atoms with Gasteiger partial charge < -0.3 is 16.4 Å². The molecular weight excluding hydrogens is 406 g/mol. The molecule has 1 heterocycles. The fraction of sp³-hybridized carbons (Fsp3) is 0. The van der Waals surface area contributed by atoms with Crippen LogP contribution in [0.1, 0.15) is 31.1 Å². The molecule has 0 unspecified atom stereocenters. The zero-order valence-corrected chi connectivity index (χ0v) is 16.9. The lowest BCUT2D eigenvalue weighted by atomic mass is 10.1. The largest absolute Gasteiger partial charge is 0.366 e. The molecule has 0 bridgehead atoms. The summed E-state index contributed by atoms with van der Waals surface area (Å²) in [6.07, 6.45) is 3.13. The van der Waals surface area contributed by atoms with Gasteiger partial charge in [0, 0.05) is 16.8 Å². The van der Waals surface area contributed by atoms with Crippen molar-refractivity contribution in [3.63, 3.8) is 0 Å². The highest BCUT2D eigenvalue weighted by atomic mass is 16.2. The maximum Gasteiger partial charge on any atom is 0.257 e. The molecule has 3 aromatic carbocycles. The number of nitrogens with one attached hydrogen (secondary N) is 2. The zero-order valence-electron chi connectivity index (χ0n) is 16.9. The Kier molecular flexibility index (Phi) is 5.76. The third kappa shape index (κ3) is 4.54. The van der Waals surface area contributed by atoms with E-state index < -0.39 is 5.91 Å². The van der Waals surface area contributed by atoms with E-state index in [1.165, 1.54) is 16.9 Å². The van der Waals surface area contributed by atoms with Gasteiger partial charge in [-0.2, -0.15) is 5.10 Å². The molecule has 0 spiro atoms. The number of para-hydroxylation sites is 1. The van der Waals surface area contributed by atoms with E-state index in [2.05, 4.69) is 15.7 Å². The second kappa shape index (κ2) is 8.97. The molecule has 1 aromatic heterocycles. The van der Waals surface area contributed by atoms with Crippen LogP contribution in [0.25, 0.3) is 5.69 Å². The number of amides is 3.